The zero-order chi connectivity index (χ0) is 12.7. The molecule has 1 aromatic carbocycles. The lowest BCUT2D eigenvalue weighted by atomic mass is 10.2. The summed E-state index contributed by atoms with van der Waals surface area (Å²) in [5, 5.41) is 11.4. The van der Waals surface area contributed by atoms with Crippen molar-refractivity contribution in [1.82, 2.24) is 0 Å². The molecule has 0 radical (unpaired) electrons. The highest BCUT2D eigenvalue weighted by Gasteiger charge is 2.09. The van der Waals surface area contributed by atoms with Crippen LogP contribution in [-0.2, 0) is 4.79 Å². The van der Waals surface area contributed by atoms with E-state index in [-0.39, 0.29) is 18.9 Å². The number of hydrogen-bond acceptors (Lipinski definition) is 3. The van der Waals surface area contributed by atoms with Crippen LogP contribution in [0.2, 0.25) is 0 Å². The zero-order valence-electron chi connectivity index (χ0n) is 9.34. The Balaban J connectivity index is 2.38. The molecule has 6 nitrogen and oxygen atoms in total. The third-order valence-corrected chi connectivity index (χ3v) is 2.09. The molecule has 0 aliphatic heterocycles. The van der Waals surface area contributed by atoms with Gasteiger partial charge in [0.2, 0.25) is 0 Å². The minimum Gasteiger partial charge on any atom is -0.480 e. The fourth-order valence-corrected chi connectivity index (χ4v) is 1.16. The van der Waals surface area contributed by atoms with E-state index in [9.17, 15) is 4.79 Å². The molecule has 0 saturated heterocycles. The SMILES string of the molecule is NC(=NCCC(N)C(=O)O)Nc1ccccc1. The second-order valence-corrected chi connectivity index (χ2v) is 3.49. The van der Waals surface area contributed by atoms with Gasteiger partial charge in [-0.2, -0.15) is 0 Å². The standard InChI is InChI=1S/C11H16N4O2/c12-9(10(16)17)6-7-14-11(13)15-8-4-2-1-3-5-8/h1-5,9H,6-7,12H2,(H,16,17)(H3,13,14,15). The smallest absolute Gasteiger partial charge is 0.320 e. The quantitative estimate of drug-likeness (QED) is 0.431. The van der Waals surface area contributed by atoms with E-state index < -0.39 is 12.0 Å². The van der Waals surface area contributed by atoms with Gasteiger partial charge in [0.25, 0.3) is 0 Å². The Hall–Kier alpha value is -2.08. The van der Waals surface area contributed by atoms with Crippen molar-refractivity contribution in [2.24, 2.45) is 16.5 Å². The first-order chi connectivity index (χ1) is 8.09. The number of benzene rings is 1. The van der Waals surface area contributed by atoms with Gasteiger partial charge in [-0.05, 0) is 18.6 Å². The summed E-state index contributed by atoms with van der Waals surface area (Å²) >= 11 is 0. The van der Waals surface area contributed by atoms with Crippen LogP contribution < -0.4 is 16.8 Å². The van der Waals surface area contributed by atoms with E-state index in [1.165, 1.54) is 0 Å². The minimum atomic E-state index is -1.03. The number of nitrogens with two attached hydrogens (primary N) is 2. The molecular weight excluding hydrogens is 220 g/mol. The van der Waals surface area contributed by atoms with E-state index in [0.717, 1.165) is 5.69 Å². The summed E-state index contributed by atoms with van der Waals surface area (Å²) in [6.07, 6.45) is 0.256. The lowest BCUT2D eigenvalue weighted by Gasteiger charge is -2.06. The maximum atomic E-state index is 10.4. The maximum Gasteiger partial charge on any atom is 0.320 e. The molecule has 92 valence electrons. The molecule has 0 aromatic heterocycles. The minimum absolute atomic E-state index is 0.244. The van der Waals surface area contributed by atoms with Crippen LogP contribution in [0.1, 0.15) is 6.42 Å². The first kappa shape index (κ1) is 13.0. The molecule has 1 aromatic rings. The molecule has 0 saturated carbocycles. The Labute approximate surface area is 99.3 Å². The molecule has 0 fully saturated rings. The molecular formula is C11H16N4O2. The highest BCUT2D eigenvalue weighted by Crippen LogP contribution is 2.03. The van der Waals surface area contributed by atoms with Crippen molar-refractivity contribution in [3.8, 4) is 0 Å². The summed E-state index contributed by atoms with van der Waals surface area (Å²) in [5.74, 6) is -0.788. The van der Waals surface area contributed by atoms with Crippen LogP contribution in [-0.4, -0.2) is 29.6 Å². The molecule has 6 N–H and O–H groups in total. The average Bonchev–Trinajstić information content (AvgIpc) is 2.30. The van der Waals surface area contributed by atoms with Gasteiger partial charge < -0.3 is 21.9 Å². The topological polar surface area (TPSA) is 114 Å². The summed E-state index contributed by atoms with van der Waals surface area (Å²) in [7, 11) is 0. The Bertz CT molecular complexity index is 392. The number of hydrogen-bond donors (Lipinski definition) is 4. The maximum absolute atomic E-state index is 10.4. The van der Waals surface area contributed by atoms with Crippen molar-refractivity contribution in [2.45, 2.75) is 12.5 Å². The summed E-state index contributed by atoms with van der Waals surface area (Å²) in [5.41, 5.74) is 11.8. The third-order valence-electron chi connectivity index (χ3n) is 2.09. The fourth-order valence-electron chi connectivity index (χ4n) is 1.16. The van der Waals surface area contributed by atoms with E-state index in [1.807, 2.05) is 30.3 Å². The average molecular weight is 236 g/mol. The molecule has 1 atom stereocenters. The van der Waals surface area contributed by atoms with Gasteiger partial charge in [0.1, 0.15) is 6.04 Å². The monoisotopic (exact) mass is 236 g/mol. The Morgan fingerprint density at radius 2 is 2.06 bits per heavy atom. The van der Waals surface area contributed by atoms with Crippen molar-refractivity contribution in [1.29, 1.82) is 0 Å². The summed E-state index contributed by atoms with van der Waals surface area (Å²) < 4.78 is 0. The number of carboxylic acids is 1. The third kappa shape index (κ3) is 4.98. The number of guanidine groups is 1. The Kier molecular flexibility index (Phi) is 4.96. The number of para-hydroxylation sites is 1. The van der Waals surface area contributed by atoms with Crippen LogP contribution in [0.15, 0.2) is 35.3 Å². The predicted octanol–water partition coefficient (Wildman–Crippen LogP) is 0.215. The number of carbonyl (C=O) groups is 1. The molecule has 0 aliphatic carbocycles. The van der Waals surface area contributed by atoms with Crippen molar-refractivity contribution in [3.05, 3.63) is 30.3 Å². The normalized spacial score (nSPS) is 13.1. The van der Waals surface area contributed by atoms with Crippen LogP contribution in [0.25, 0.3) is 0 Å². The van der Waals surface area contributed by atoms with Crippen molar-refractivity contribution >= 4 is 17.6 Å². The van der Waals surface area contributed by atoms with E-state index in [0.29, 0.717) is 0 Å². The second-order valence-electron chi connectivity index (χ2n) is 3.49. The van der Waals surface area contributed by atoms with Crippen molar-refractivity contribution < 1.29 is 9.90 Å². The molecule has 1 unspecified atom stereocenters. The number of rotatable bonds is 5. The zero-order valence-corrected chi connectivity index (χ0v) is 9.34. The second kappa shape index (κ2) is 6.49. The van der Waals surface area contributed by atoms with E-state index in [2.05, 4.69) is 10.3 Å². The highest BCUT2D eigenvalue weighted by molar-refractivity contribution is 5.92. The van der Waals surface area contributed by atoms with Crippen LogP contribution in [0.3, 0.4) is 0 Å². The van der Waals surface area contributed by atoms with Crippen molar-refractivity contribution in [2.75, 3.05) is 11.9 Å². The fraction of sp³-hybridized carbons (Fsp3) is 0.273. The van der Waals surface area contributed by atoms with Crippen LogP contribution in [0.4, 0.5) is 5.69 Å². The summed E-state index contributed by atoms with van der Waals surface area (Å²) in [6.45, 7) is 0.277. The molecule has 17 heavy (non-hydrogen) atoms. The van der Waals surface area contributed by atoms with Gasteiger partial charge in [-0.3, -0.25) is 9.79 Å². The summed E-state index contributed by atoms with van der Waals surface area (Å²) in [6, 6.07) is 8.44. The number of carboxylic acid groups (broad SMARTS) is 1. The molecule has 6 heteroatoms. The van der Waals surface area contributed by atoms with E-state index in [1.54, 1.807) is 0 Å². The van der Waals surface area contributed by atoms with Crippen molar-refractivity contribution in [3.63, 3.8) is 0 Å². The summed E-state index contributed by atoms with van der Waals surface area (Å²) in [4.78, 5) is 14.4. The van der Waals surface area contributed by atoms with Gasteiger partial charge in [0, 0.05) is 12.2 Å². The lowest BCUT2D eigenvalue weighted by Crippen LogP contribution is -2.31. The van der Waals surface area contributed by atoms with Crippen LogP contribution in [0.5, 0.6) is 0 Å². The molecule has 0 aliphatic rings. The largest absolute Gasteiger partial charge is 0.480 e. The Morgan fingerprint density at radius 1 is 1.41 bits per heavy atom. The predicted molar refractivity (Wildman–Crippen MR) is 66.8 cm³/mol. The number of anilines is 1. The molecule has 1 rings (SSSR count). The van der Waals surface area contributed by atoms with E-state index >= 15 is 0 Å². The first-order valence-corrected chi connectivity index (χ1v) is 5.20. The molecule has 0 bridgehead atoms. The van der Waals surface area contributed by atoms with Gasteiger partial charge in [-0.25, -0.2) is 0 Å². The lowest BCUT2D eigenvalue weighted by molar-refractivity contribution is -0.138. The van der Waals surface area contributed by atoms with Gasteiger partial charge in [0.05, 0.1) is 0 Å². The highest BCUT2D eigenvalue weighted by atomic mass is 16.4. The van der Waals surface area contributed by atoms with Crippen LogP contribution in [0, 0.1) is 0 Å². The number of nitrogens with one attached hydrogen (secondary N) is 1. The van der Waals surface area contributed by atoms with Gasteiger partial charge in [-0.15, -0.1) is 0 Å². The number of nitrogens with zero attached hydrogens (tertiary/aromatic N) is 1. The van der Waals surface area contributed by atoms with E-state index in [4.69, 9.17) is 16.6 Å². The van der Waals surface area contributed by atoms with Gasteiger partial charge >= 0.3 is 5.97 Å². The number of aliphatic carboxylic acids is 1. The van der Waals surface area contributed by atoms with Gasteiger partial charge in [0.15, 0.2) is 5.96 Å². The first-order valence-electron chi connectivity index (χ1n) is 5.20. The molecule has 0 amide bonds. The van der Waals surface area contributed by atoms with Crippen LogP contribution >= 0.6 is 0 Å². The molecule has 0 spiro atoms. The number of aliphatic imine (C=N–C) groups is 1. The molecule has 0 heterocycles. The van der Waals surface area contributed by atoms with Gasteiger partial charge in [-0.1, -0.05) is 18.2 Å². The Morgan fingerprint density at radius 3 is 2.65 bits per heavy atom.